The Balaban J connectivity index is 1.56. The molecule has 0 saturated heterocycles. The van der Waals surface area contributed by atoms with Crippen molar-refractivity contribution in [3.05, 3.63) is 59.7 Å². The molecule has 3 aliphatic rings. The lowest BCUT2D eigenvalue weighted by atomic mass is 9.86. The molecule has 5 rings (SSSR count). The summed E-state index contributed by atoms with van der Waals surface area (Å²) in [5, 5.41) is 7.38. The zero-order valence-corrected chi connectivity index (χ0v) is 15.1. The molecule has 0 bridgehead atoms. The standard InChI is InChI=1S/C22H24N2O2/c1-25-17-11-9-16(10-12-17)19-15-20-18-7-3-4-8-21(18)26-22(24(20)23-19)13-5-2-6-14-22/h3-4,7-12,20H,2,5-6,13-15H2,1H3/t20-/m1/s1. The number of fused-ring (bicyclic) bond motifs is 4. The fraction of sp³-hybridized carbons (Fsp3) is 0.409. The van der Waals surface area contributed by atoms with Gasteiger partial charge in [0.05, 0.1) is 18.9 Å². The van der Waals surface area contributed by atoms with Crippen molar-refractivity contribution in [1.82, 2.24) is 5.01 Å². The van der Waals surface area contributed by atoms with Gasteiger partial charge in [-0.15, -0.1) is 0 Å². The molecule has 2 aromatic rings. The number of hydrogen-bond donors (Lipinski definition) is 0. The van der Waals surface area contributed by atoms with Crippen molar-refractivity contribution >= 4 is 5.71 Å². The molecule has 0 N–H and O–H groups in total. The van der Waals surface area contributed by atoms with Crippen LogP contribution in [0, 0.1) is 0 Å². The van der Waals surface area contributed by atoms with E-state index < -0.39 is 0 Å². The molecule has 2 aromatic carbocycles. The molecule has 0 aromatic heterocycles. The number of hydrogen-bond acceptors (Lipinski definition) is 4. The lowest BCUT2D eigenvalue weighted by Gasteiger charge is -2.49. The number of nitrogens with zero attached hydrogens (tertiary/aromatic N) is 2. The van der Waals surface area contributed by atoms with E-state index in [1.807, 2.05) is 12.1 Å². The second kappa shape index (κ2) is 6.04. The molecule has 0 unspecified atom stereocenters. The smallest absolute Gasteiger partial charge is 0.198 e. The first kappa shape index (κ1) is 15.7. The van der Waals surface area contributed by atoms with Crippen molar-refractivity contribution in [2.24, 2.45) is 5.10 Å². The Morgan fingerprint density at radius 1 is 1.04 bits per heavy atom. The van der Waals surface area contributed by atoms with Gasteiger partial charge in [-0.05, 0) is 48.7 Å². The van der Waals surface area contributed by atoms with Crippen molar-refractivity contribution in [3.8, 4) is 11.5 Å². The molecule has 26 heavy (non-hydrogen) atoms. The first-order valence-electron chi connectivity index (χ1n) is 9.58. The second-order valence-corrected chi connectivity index (χ2v) is 7.49. The van der Waals surface area contributed by atoms with Crippen LogP contribution in [0.3, 0.4) is 0 Å². The van der Waals surface area contributed by atoms with Gasteiger partial charge in [-0.3, -0.25) is 0 Å². The molecule has 1 fully saturated rings. The monoisotopic (exact) mass is 348 g/mol. The molecule has 0 radical (unpaired) electrons. The Labute approximate surface area is 154 Å². The topological polar surface area (TPSA) is 34.1 Å². The number of ether oxygens (including phenoxy) is 2. The summed E-state index contributed by atoms with van der Waals surface area (Å²) in [6, 6.07) is 17.0. The van der Waals surface area contributed by atoms with E-state index in [1.54, 1.807) is 7.11 Å². The van der Waals surface area contributed by atoms with Gasteiger partial charge in [-0.2, -0.15) is 5.10 Å². The van der Waals surface area contributed by atoms with Crippen LogP contribution < -0.4 is 9.47 Å². The summed E-state index contributed by atoms with van der Waals surface area (Å²) in [5.41, 5.74) is 3.30. The van der Waals surface area contributed by atoms with E-state index in [9.17, 15) is 0 Å². The Morgan fingerprint density at radius 3 is 2.58 bits per heavy atom. The normalized spacial score (nSPS) is 23.0. The third-order valence-electron chi connectivity index (χ3n) is 5.96. The Hall–Kier alpha value is -2.49. The van der Waals surface area contributed by atoms with Gasteiger partial charge in [0.1, 0.15) is 11.5 Å². The summed E-state index contributed by atoms with van der Waals surface area (Å²) >= 11 is 0. The summed E-state index contributed by atoms with van der Waals surface area (Å²) < 4.78 is 11.9. The lowest BCUT2D eigenvalue weighted by molar-refractivity contribution is -0.140. The Kier molecular flexibility index (Phi) is 3.66. The van der Waals surface area contributed by atoms with Crippen LogP contribution in [0.5, 0.6) is 11.5 Å². The molecule has 134 valence electrons. The molecule has 4 heteroatoms. The summed E-state index contributed by atoms with van der Waals surface area (Å²) in [5.74, 6) is 1.92. The summed E-state index contributed by atoms with van der Waals surface area (Å²) in [7, 11) is 1.70. The van der Waals surface area contributed by atoms with E-state index in [4.69, 9.17) is 14.6 Å². The number of rotatable bonds is 2. The van der Waals surface area contributed by atoms with Crippen molar-refractivity contribution in [1.29, 1.82) is 0 Å². The Morgan fingerprint density at radius 2 is 1.81 bits per heavy atom. The maximum Gasteiger partial charge on any atom is 0.198 e. The SMILES string of the molecule is COc1ccc(C2=NN3[C@H](C2)c2ccccc2OC32CCCCC2)cc1. The van der Waals surface area contributed by atoms with Crippen LogP contribution in [-0.2, 0) is 0 Å². The van der Waals surface area contributed by atoms with Gasteiger partial charge in [-0.25, -0.2) is 5.01 Å². The second-order valence-electron chi connectivity index (χ2n) is 7.49. The fourth-order valence-electron chi connectivity index (χ4n) is 4.62. The first-order chi connectivity index (χ1) is 12.8. The zero-order chi connectivity index (χ0) is 17.6. The molecule has 1 atom stereocenters. The highest BCUT2D eigenvalue weighted by Gasteiger charge is 2.50. The van der Waals surface area contributed by atoms with Gasteiger partial charge in [-0.1, -0.05) is 24.6 Å². The van der Waals surface area contributed by atoms with Crippen molar-refractivity contribution < 1.29 is 9.47 Å². The van der Waals surface area contributed by atoms with E-state index in [0.717, 1.165) is 36.5 Å². The minimum Gasteiger partial charge on any atom is -0.497 e. The molecular weight excluding hydrogens is 324 g/mol. The third kappa shape index (κ3) is 2.39. The van der Waals surface area contributed by atoms with Gasteiger partial charge in [0.15, 0.2) is 5.72 Å². The minimum absolute atomic E-state index is 0.272. The van der Waals surface area contributed by atoms with E-state index in [0.29, 0.717) is 0 Å². The summed E-state index contributed by atoms with van der Waals surface area (Å²) in [6.45, 7) is 0. The zero-order valence-electron chi connectivity index (χ0n) is 15.1. The highest BCUT2D eigenvalue weighted by molar-refractivity contribution is 6.02. The maximum atomic E-state index is 6.59. The van der Waals surface area contributed by atoms with Crippen LogP contribution in [0.2, 0.25) is 0 Å². The fourth-order valence-corrected chi connectivity index (χ4v) is 4.62. The summed E-state index contributed by atoms with van der Waals surface area (Å²) in [6.07, 6.45) is 6.74. The quantitative estimate of drug-likeness (QED) is 0.774. The lowest BCUT2D eigenvalue weighted by Crippen LogP contribution is -2.54. The maximum absolute atomic E-state index is 6.59. The van der Waals surface area contributed by atoms with Crippen LogP contribution in [0.1, 0.15) is 55.7 Å². The van der Waals surface area contributed by atoms with Gasteiger partial charge < -0.3 is 9.47 Å². The Bertz CT molecular complexity index is 837. The number of hydrazone groups is 1. The highest BCUT2D eigenvalue weighted by atomic mass is 16.5. The van der Waals surface area contributed by atoms with Gasteiger partial charge >= 0.3 is 0 Å². The van der Waals surface area contributed by atoms with Crippen LogP contribution in [0.25, 0.3) is 0 Å². The molecule has 1 spiro atoms. The highest BCUT2D eigenvalue weighted by Crippen LogP contribution is 2.51. The van der Waals surface area contributed by atoms with Gasteiger partial charge in [0.2, 0.25) is 0 Å². The largest absolute Gasteiger partial charge is 0.497 e. The molecule has 1 aliphatic carbocycles. The van der Waals surface area contributed by atoms with Crippen LogP contribution >= 0.6 is 0 Å². The van der Waals surface area contributed by atoms with E-state index in [2.05, 4.69) is 41.4 Å². The first-order valence-corrected chi connectivity index (χ1v) is 9.58. The van der Waals surface area contributed by atoms with E-state index >= 15 is 0 Å². The average Bonchev–Trinajstić information content (AvgIpc) is 3.16. The number of benzene rings is 2. The van der Waals surface area contributed by atoms with Gasteiger partial charge in [0, 0.05) is 24.8 Å². The minimum atomic E-state index is -0.272. The molecule has 4 nitrogen and oxygen atoms in total. The van der Waals surface area contributed by atoms with E-state index in [-0.39, 0.29) is 11.8 Å². The van der Waals surface area contributed by atoms with Gasteiger partial charge in [0.25, 0.3) is 0 Å². The van der Waals surface area contributed by atoms with Crippen molar-refractivity contribution in [2.75, 3.05) is 7.11 Å². The predicted molar refractivity (Wildman–Crippen MR) is 102 cm³/mol. The third-order valence-corrected chi connectivity index (χ3v) is 5.96. The van der Waals surface area contributed by atoms with E-state index in [1.165, 1.54) is 30.4 Å². The van der Waals surface area contributed by atoms with Crippen molar-refractivity contribution in [2.45, 2.75) is 50.3 Å². The molecular formula is C22H24N2O2. The number of methoxy groups -OCH3 is 1. The summed E-state index contributed by atoms with van der Waals surface area (Å²) in [4.78, 5) is 0. The molecule has 0 amide bonds. The van der Waals surface area contributed by atoms with Crippen LogP contribution in [0.15, 0.2) is 53.6 Å². The molecule has 2 aliphatic heterocycles. The van der Waals surface area contributed by atoms with Crippen molar-refractivity contribution in [3.63, 3.8) is 0 Å². The predicted octanol–water partition coefficient (Wildman–Crippen LogP) is 4.90. The average molecular weight is 348 g/mol. The molecule has 2 heterocycles. The van der Waals surface area contributed by atoms with Crippen LogP contribution in [0.4, 0.5) is 0 Å². The van der Waals surface area contributed by atoms with Crippen LogP contribution in [-0.4, -0.2) is 23.6 Å². The molecule has 1 saturated carbocycles. The number of para-hydroxylation sites is 1.